The van der Waals surface area contributed by atoms with Gasteiger partial charge in [-0.1, -0.05) is 5.57 Å². The van der Waals surface area contributed by atoms with Crippen LogP contribution in [0.2, 0.25) is 0 Å². The molecular weight excluding hydrogens is 260 g/mol. The monoisotopic (exact) mass is 282 g/mol. The van der Waals surface area contributed by atoms with Crippen molar-refractivity contribution in [1.29, 1.82) is 0 Å². The number of rotatable bonds is 4. The van der Waals surface area contributed by atoms with Crippen LogP contribution in [0.5, 0.6) is 0 Å². The molecule has 19 heavy (non-hydrogen) atoms. The maximum atomic E-state index is 5.31. The van der Waals surface area contributed by atoms with Crippen LogP contribution in [0.3, 0.4) is 0 Å². The number of hydrazone groups is 1. The summed E-state index contributed by atoms with van der Waals surface area (Å²) in [5, 5.41) is 8.06. The number of nitrogens with one attached hydrogen (secondary N) is 2. The summed E-state index contributed by atoms with van der Waals surface area (Å²) in [6.07, 6.45) is 4.23. The lowest BCUT2D eigenvalue weighted by molar-refractivity contribution is 0.0389. The molecule has 2 N–H and O–H groups in total. The zero-order valence-electron chi connectivity index (χ0n) is 11.4. The lowest BCUT2D eigenvalue weighted by Gasteiger charge is -2.26. The number of hydrogen-bond acceptors (Lipinski definition) is 4. The van der Waals surface area contributed by atoms with Gasteiger partial charge in [0.05, 0.1) is 18.9 Å². The molecule has 0 aromatic heterocycles. The third kappa shape index (κ3) is 5.26. The van der Waals surface area contributed by atoms with E-state index in [0.29, 0.717) is 5.11 Å². The molecule has 0 saturated carbocycles. The van der Waals surface area contributed by atoms with Crippen LogP contribution in [0.1, 0.15) is 19.8 Å². The lowest BCUT2D eigenvalue weighted by Crippen LogP contribution is -2.42. The van der Waals surface area contributed by atoms with Gasteiger partial charge in [-0.2, -0.15) is 5.10 Å². The number of thiocarbonyl (C=S) groups is 1. The highest BCUT2D eigenvalue weighted by Gasteiger charge is 2.09. The highest BCUT2D eigenvalue weighted by molar-refractivity contribution is 7.80. The van der Waals surface area contributed by atoms with Crippen LogP contribution in [0.4, 0.5) is 0 Å². The predicted octanol–water partition coefficient (Wildman–Crippen LogP) is 0.879. The fourth-order valence-corrected chi connectivity index (χ4v) is 2.30. The molecule has 1 aliphatic heterocycles. The van der Waals surface area contributed by atoms with Gasteiger partial charge in [0.15, 0.2) is 5.11 Å². The standard InChI is InChI=1S/C13H22N4OS/c1-11-2-3-12(10-11)15-16-13(19)14-4-5-17-6-8-18-9-7-17/h10H,2-9H2,1H3,(H2,14,16,19)/b15-12-. The molecule has 2 rings (SSSR count). The first kappa shape index (κ1) is 14.4. The molecule has 1 saturated heterocycles. The van der Waals surface area contributed by atoms with Crippen LogP contribution >= 0.6 is 12.2 Å². The molecule has 0 amide bonds. The first-order valence-corrected chi connectivity index (χ1v) is 7.22. The van der Waals surface area contributed by atoms with Crippen molar-refractivity contribution in [3.05, 3.63) is 11.6 Å². The van der Waals surface area contributed by atoms with Crippen molar-refractivity contribution in [2.45, 2.75) is 19.8 Å². The van der Waals surface area contributed by atoms with E-state index in [0.717, 1.165) is 57.9 Å². The largest absolute Gasteiger partial charge is 0.379 e. The molecule has 1 aliphatic carbocycles. The molecule has 5 nitrogen and oxygen atoms in total. The van der Waals surface area contributed by atoms with E-state index in [-0.39, 0.29) is 0 Å². The summed E-state index contributed by atoms with van der Waals surface area (Å²) in [6.45, 7) is 7.64. The fraction of sp³-hybridized carbons (Fsp3) is 0.692. The van der Waals surface area contributed by atoms with E-state index in [1.807, 2.05) is 0 Å². The minimum absolute atomic E-state index is 0.596. The first-order valence-electron chi connectivity index (χ1n) is 6.82. The quantitative estimate of drug-likeness (QED) is 0.592. The summed E-state index contributed by atoms with van der Waals surface area (Å²) in [4.78, 5) is 2.37. The topological polar surface area (TPSA) is 48.9 Å². The van der Waals surface area contributed by atoms with Crippen molar-refractivity contribution in [2.75, 3.05) is 39.4 Å². The maximum Gasteiger partial charge on any atom is 0.187 e. The normalized spacial score (nSPS) is 22.4. The zero-order valence-corrected chi connectivity index (χ0v) is 12.3. The van der Waals surface area contributed by atoms with Gasteiger partial charge in [-0.15, -0.1) is 0 Å². The highest BCUT2D eigenvalue weighted by Crippen LogP contribution is 2.14. The van der Waals surface area contributed by atoms with E-state index in [1.54, 1.807) is 0 Å². The van der Waals surface area contributed by atoms with Crippen LogP contribution in [0.15, 0.2) is 16.8 Å². The van der Waals surface area contributed by atoms with E-state index >= 15 is 0 Å². The molecule has 0 bridgehead atoms. The Balaban J connectivity index is 1.59. The molecule has 0 radical (unpaired) electrons. The van der Waals surface area contributed by atoms with Gasteiger partial charge in [0.25, 0.3) is 0 Å². The Labute approximate surface area is 120 Å². The van der Waals surface area contributed by atoms with Crippen LogP contribution < -0.4 is 10.7 Å². The Hall–Kier alpha value is -0.980. The SMILES string of the molecule is CC1=C/C(=N\NC(=S)NCCN2CCOCC2)CC1. The Morgan fingerprint density at radius 2 is 2.21 bits per heavy atom. The van der Waals surface area contributed by atoms with Crippen molar-refractivity contribution in [1.82, 2.24) is 15.6 Å². The second-order valence-corrected chi connectivity index (χ2v) is 5.32. The van der Waals surface area contributed by atoms with Crippen molar-refractivity contribution in [2.24, 2.45) is 5.10 Å². The third-order valence-electron chi connectivity index (χ3n) is 3.31. The Bertz CT molecular complexity index is 375. The number of nitrogens with zero attached hydrogens (tertiary/aromatic N) is 2. The van der Waals surface area contributed by atoms with Crippen LogP contribution in [-0.4, -0.2) is 55.1 Å². The Kier molecular flexibility index (Phi) is 5.75. The average Bonchev–Trinajstić information content (AvgIpc) is 2.83. The summed E-state index contributed by atoms with van der Waals surface area (Å²) >= 11 is 5.19. The first-order chi connectivity index (χ1) is 9.24. The van der Waals surface area contributed by atoms with Crippen molar-refractivity contribution >= 4 is 23.0 Å². The summed E-state index contributed by atoms with van der Waals surface area (Å²) < 4.78 is 5.31. The minimum atomic E-state index is 0.596. The van der Waals surface area contributed by atoms with Gasteiger partial charge in [0.2, 0.25) is 0 Å². The predicted molar refractivity (Wildman–Crippen MR) is 81.4 cm³/mol. The van der Waals surface area contributed by atoms with E-state index in [1.165, 1.54) is 5.57 Å². The van der Waals surface area contributed by atoms with E-state index in [2.05, 4.69) is 33.7 Å². The molecule has 0 spiro atoms. The van der Waals surface area contributed by atoms with E-state index < -0.39 is 0 Å². The van der Waals surface area contributed by atoms with Gasteiger partial charge >= 0.3 is 0 Å². The zero-order chi connectivity index (χ0) is 13.5. The molecule has 0 unspecified atom stereocenters. The molecule has 1 heterocycles. The molecule has 0 aromatic carbocycles. The Morgan fingerprint density at radius 1 is 1.42 bits per heavy atom. The van der Waals surface area contributed by atoms with Crippen molar-refractivity contribution < 1.29 is 4.74 Å². The number of ether oxygens (including phenoxy) is 1. The van der Waals surface area contributed by atoms with E-state index in [9.17, 15) is 0 Å². The molecule has 1 fully saturated rings. The van der Waals surface area contributed by atoms with Crippen LogP contribution in [0, 0.1) is 0 Å². The lowest BCUT2D eigenvalue weighted by atomic mass is 10.3. The Morgan fingerprint density at radius 3 is 2.89 bits per heavy atom. The van der Waals surface area contributed by atoms with Crippen LogP contribution in [0.25, 0.3) is 0 Å². The summed E-state index contributed by atoms with van der Waals surface area (Å²) in [6, 6.07) is 0. The minimum Gasteiger partial charge on any atom is -0.379 e. The molecule has 6 heteroatoms. The number of allylic oxidation sites excluding steroid dienone is 2. The summed E-state index contributed by atoms with van der Waals surface area (Å²) in [5.74, 6) is 0. The second-order valence-electron chi connectivity index (χ2n) is 4.92. The number of hydrogen-bond donors (Lipinski definition) is 2. The molecule has 0 aromatic rings. The highest BCUT2D eigenvalue weighted by atomic mass is 32.1. The molecule has 0 atom stereocenters. The summed E-state index contributed by atoms with van der Waals surface area (Å²) in [7, 11) is 0. The average molecular weight is 282 g/mol. The van der Waals surface area contributed by atoms with Gasteiger partial charge in [0.1, 0.15) is 0 Å². The van der Waals surface area contributed by atoms with Gasteiger partial charge < -0.3 is 10.1 Å². The number of morpholine rings is 1. The smallest absolute Gasteiger partial charge is 0.187 e. The molecule has 2 aliphatic rings. The second kappa shape index (κ2) is 7.57. The van der Waals surface area contributed by atoms with Gasteiger partial charge in [-0.3, -0.25) is 10.3 Å². The van der Waals surface area contributed by atoms with E-state index in [4.69, 9.17) is 17.0 Å². The maximum absolute atomic E-state index is 5.31. The third-order valence-corrected chi connectivity index (χ3v) is 3.54. The van der Waals surface area contributed by atoms with Crippen molar-refractivity contribution in [3.63, 3.8) is 0 Å². The molecular formula is C13H22N4OS. The van der Waals surface area contributed by atoms with Gasteiger partial charge in [-0.05, 0) is 38.1 Å². The summed E-state index contributed by atoms with van der Waals surface area (Å²) in [5.41, 5.74) is 5.36. The van der Waals surface area contributed by atoms with Crippen molar-refractivity contribution in [3.8, 4) is 0 Å². The van der Waals surface area contributed by atoms with Gasteiger partial charge in [0, 0.05) is 26.2 Å². The fourth-order valence-electron chi connectivity index (χ4n) is 2.16. The van der Waals surface area contributed by atoms with Crippen LogP contribution in [-0.2, 0) is 4.74 Å². The van der Waals surface area contributed by atoms with Gasteiger partial charge in [-0.25, -0.2) is 0 Å². The molecule has 106 valence electrons.